The maximum absolute atomic E-state index is 13.1. The van der Waals surface area contributed by atoms with Crippen LogP contribution in [0.3, 0.4) is 0 Å². The summed E-state index contributed by atoms with van der Waals surface area (Å²) < 4.78 is 11.1. The normalized spacial score (nSPS) is 11.5. The highest BCUT2D eigenvalue weighted by Crippen LogP contribution is 2.25. The SMILES string of the molecule is CCOc1cc(OCC)cc(C(=O)N(C)[C@H](CC(N)=O)Cc2ccccc2)c1. The lowest BCUT2D eigenvalue weighted by atomic mass is 10.0. The first kappa shape index (κ1) is 21.3. The Balaban J connectivity index is 2.28. The zero-order valence-corrected chi connectivity index (χ0v) is 16.7. The molecule has 6 heteroatoms. The van der Waals surface area contributed by atoms with Crippen LogP contribution in [0.1, 0.15) is 36.2 Å². The highest BCUT2D eigenvalue weighted by molar-refractivity contribution is 5.95. The molecule has 0 spiro atoms. The highest BCUT2D eigenvalue weighted by Gasteiger charge is 2.24. The monoisotopic (exact) mass is 384 g/mol. The number of carbonyl (C=O) groups excluding carboxylic acids is 2. The van der Waals surface area contributed by atoms with Gasteiger partial charge in [0.25, 0.3) is 5.91 Å². The number of likely N-dealkylation sites (N-methyl/N-ethyl adjacent to an activating group) is 1. The second kappa shape index (κ2) is 10.3. The van der Waals surface area contributed by atoms with Crippen LogP contribution < -0.4 is 15.2 Å². The first-order chi connectivity index (χ1) is 13.4. The fraction of sp³-hybridized carbons (Fsp3) is 0.364. The molecule has 2 aromatic carbocycles. The Labute approximate surface area is 166 Å². The third kappa shape index (κ3) is 6.01. The van der Waals surface area contributed by atoms with E-state index in [1.165, 1.54) is 0 Å². The third-order valence-corrected chi connectivity index (χ3v) is 4.37. The largest absolute Gasteiger partial charge is 0.494 e. The third-order valence-electron chi connectivity index (χ3n) is 4.37. The van der Waals surface area contributed by atoms with E-state index in [1.54, 1.807) is 30.1 Å². The van der Waals surface area contributed by atoms with Crippen LogP contribution in [0, 0.1) is 0 Å². The zero-order valence-electron chi connectivity index (χ0n) is 16.7. The van der Waals surface area contributed by atoms with Gasteiger partial charge in [-0.15, -0.1) is 0 Å². The number of ether oxygens (including phenoxy) is 2. The van der Waals surface area contributed by atoms with Crippen molar-refractivity contribution in [2.75, 3.05) is 20.3 Å². The second-order valence-corrected chi connectivity index (χ2v) is 6.49. The van der Waals surface area contributed by atoms with E-state index in [9.17, 15) is 9.59 Å². The molecular weight excluding hydrogens is 356 g/mol. The van der Waals surface area contributed by atoms with Crippen LogP contribution in [0.15, 0.2) is 48.5 Å². The van der Waals surface area contributed by atoms with E-state index in [4.69, 9.17) is 15.2 Å². The molecule has 0 aromatic heterocycles. The number of primary amides is 1. The molecule has 0 aliphatic carbocycles. The summed E-state index contributed by atoms with van der Waals surface area (Å²) in [6.07, 6.45) is 0.621. The highest BCUT2D eigenvalue weighted by atomic mass is 16.5. The van der Waals surface area contributed by atoms with Gasteiger partial charge in [-0.25, -0.2) is 0 Å². The van der Waals surface area contributed by atoms with Gasteiger partial charge in [0, 0.05) is 31.1 Å². The van der Waals surface area contributed by atoms with E-state index in [1.807, 2.05) is 44.2 Å². The Hall–Kier alpha value is -3.02. The smallest absolute Gasteiger partial charge is 0.254 e. The van der Waals surface area contributed by atoms with Crippen LogP contribution in [0.25, 0.3) is 0 Å². The Bertz CT molecular complexity index is 768. The number of nitrogens with zero attached hydrogens (tertiary/aromatic N) is 1. The molecule has 0 saturated heterocycles. The number of amides is 2. The van der Waals surface area contributed by atoms with Gasteiger partial charge in [-0.05, 0) is 38.0 Å². The van der Waals surface area contributed by atoms with Crippen molar-refractivity contribution >= 4 is 11.8 Å². The lowest BCUT2D eigenvalue weighted by molar-refractivity contribution is -0.118. The average molecular weight is 384 g/mol. The predicted molar refractivity (Wildman–Crippen MR) is 109 cm³/mol. The predicted octanol–water partition coefficient (Wildman–Crippen LogP) is 3.04. The van der Waals surface area contributed by atoms with Crippen LogP contribution in [0.5, 0.6) is 11.5 Å². The van der Waals surface area contributed by atoms with Gasteiger partial charge in [0.15, 0.2) is 0 Å². The fourth-order valence-corrected chi connectivity index (χ4v) is 3.03. The van der Waals surface area contributed by atoms with Crippen molar-refractivity contribution < 1.29 is 19.1 Å². The van der Waals surface area contributed by atoms with Crippen LogP contribution >= 0.6 is 0 Å². The molecule has 28 heavy (non-hydrogen) atoms. The van der Waals surface area contributed by atoms with E-state index >= 15 is 0 Å². The van der Waals surface area contributed by atoms with Crippen LogP contribution in [0.4, 0.5) is 0 Å². The van der Waals surface area contributed by atoms with Crippen molar-refractivity contribution in [1.82, 2.24) is 4.90 Å². The van der Waals surface area contributed by atoms with Crippen molar-refractivity contribution in [3.05, 3.63) is 59.7 Å². The maximum Gasteiger partial charge on any atom is 0.254 e. The second-order valence-electron chi connectivity index (χ2n) is 6.49. The molecule has 2 aromatic rings. The van der Waals surface area contributed by atoms with Crippen molar-refractivity contribution in [2.24, 2.45) is 5.73 Å². The quantitative estimate of drug-likeness (QED) is 0.683. The first-order valence-corrected chi connectivity index (χ1v) is 9.44. The molecule has 0 unspecified atom stereocenters. The molecule has 2 rings (SSSR count). The Morgan fingerprint density at radius 3 is 2.07 bits per heavy atom. The van der Waals surface area contributed by atoms with Gasteiger partial charge in [-0.2, -0.15) is 0 Å². The summed E-state index contributed by atoms with van der Waals surface area (Å²) >= 11 is 0. The van der Waals surface area contributed by atoms with Gasteiger partial charge in [0.1, 0.15) is 11.5 Å². The van der Waals surface area contributed by atoms with Crippen LogP contribution in [-0.4, -0.2) is 43.0 Å². The molecule has 2 amide bonds. The summed E-state index contributed by atoms with van der Waals surface area (Å²) in [5.41, 5.74) is 6.91. The minimum absolute atomic E-state index is 0.0839. The topological polar surface area (TPSA) is 81.9 Å². The van der Waals surface area contributed by atoms with Crippen molar-refractivity contribution in [1.29, 1.82) is 0 Å². The Morgan fingerprint density at radius 1 is 1.00 bits per heavy atom. The molecule has 0 bridgehead atoms. The molecule has 0 aliphatic heterocycles. The van der Waals surface area contributed by atoms with Crippen LogP contribution in [-0.2, 0) is 11.2 Å². The molecular formula is C22H28N2O4. The van der Waals surface area contributed by atoms with Gasteiger partial charge in [0.05, 0.1) is 13.2 Å². The molecule has 0 aliphatic rings. The van der Waals surface area contributed by atoms with E-state index in [0.717, 1.165) is 5.56 Å². The standard InChI is InChI=1S/C22H28N2O4/c1-4-27-19-12-17(13-20(15-19)28-5-2)22(26)24(3)18(14-21(23)25)11-16-9-7-6-8-10-16/h6-10,12-13,15,18H,4-5,11,14H2,1-3H3,(H2,23,25)/t18-/m0/s1. The number of hydrogen-bond donors (Lipinski definition) is 1. The molecule has 1 atom stereocenters. The first-order valence-electron chi connectivity index (χ1n) is 9.44. The van der Waals surface area contributed by atoms with Gasteiger partial charge in [-0.3, -0.25) is 9.59 Å². The number of benzene rings is 2. The summed E-state index contributed by atoms with van der Waals surface area (Å²) in [4.78, 5) is 26.3. The van der Waals surface area contributed by atoms with Crippen molar-refractivity contribution in [2.45, 2.75) is 32.7 Å². The molecule has 0 saturated carbocycles. The molecule has 2 N–H and O–H groups in total. The van der Waals surface area contributed by atoms with Gasteiger partial charge in [-0.1, -0.05) is 30.3 Å². The van der Waals surface area contributed by atoms with Crippen molar-refractivity contribution in [3.63, 3.8) is 0 Å². The molecule has 0 radical (unpaired) electrons. The summed E-state index contributed by atoms with van der Waals surface area (Å²) in [7, 11) is 1.69. The van der Waals surface area contributed by atoms with E-state index in [-0.39, 0.29) is 18.4 Å². The average Bonchev–Trinajstić information content (AvgIpc) is 2.67. The maximum atomic E-state index is 13.1. The number of rotatable bonds is 10. The van der Waals surface area contributed by atoms with Crippen LogP contribution in [0.2, 0.25) is 0 Å². The summed E-state index contributed by atoms with van der Waals surface area (Å²) in [5.74, 6) is 0.475. The zero-order chi connectivity index (χ0) is 20.5. The van der Waals surface area contributed by atoms with E-state index in [0.29, 0.717) is 36.7 Å². The molecule has 0 fully saturated rings. The van der Waals surface area contributed by atoms with Crippen molar-refractivity contribution in [3.8, 4) is 11.5 Å². The lowest BCUT2D eigenvalue weighted by Crippen LogP contribution is -2.41. The molecule has 0 heterocycles. The Kier molecular flexibility index (Phi) is 7.87. The number of carbonyl (C=O) groups is 2. The molecule has 150 valence electrons. The summed E-state index contributed by atoms with van der Waals surface area (Å²) in [5, 5.41) is 0. The minimum atomic E-state index is -0.446. The van der Waals surface area contributed by atoms with E-state index < -0.39 is 5.91 Å². The van der Waals surface area contributed by atoms with Gasteiger partial charge >= 0.3 is 0 Å². The molecule has 6 nitrogen and oxygen atoms in total. The van der Waals surface area contributed by atoms with E-state index in [2.05, 4.69) is 0 Å². The van der Waals surface area contributed by atoms with Gasteiger partial charge < -0.3 is 20.1 Å². The number of nitrogens with two attached hydrogens (primary N) is 1. The minimum Gasteiger partial charge on any atom is -0.494 e. The lowest BCUT2D eigenvalue weighted by Gasteiger charge is -2.28. The fourth-order valence-electron chi connectivity index (χ4n) is 3.03. The number of hydrogen-bond acceptors (Lipinski definition) is 4. The Morgan fingerprint density at radius 2 is 1.57 bits per heavy atom. The summed E-state index contributed by atoms with van der Waals surface area (Å²) in [6, 6.07) is 14.5. The summed E-state index contributed by atoms with van der Waals surface area (Å²) in [6.45, 7) is 4.72. The van der Waals surface area contributed by atoms with Gasteiger partial charge in [0.2, 0.25) is 5.91 Å².